The Kier molecular flexibility index (Phi) is 5.81. The third-order valence-electron chi connectivity index (χ3n) is 3.92. The second-order valence-electron chi connectivity index (χ2n) is 6.02. The van der Waals surface area contributed by atoms with Gasteiger partial charge in [-0.05, 0) is 25.7 Å². The molecule has 0 bridgehead atoms. The molecule has 0 N–H and O–H groups in total. The standard InChI is InChI=1S/C15H26N2O2/c1-10(2)9-17(8-6-7-16)15(18)14-11(3)12(4)19-13(14)5/h10-14H,6,8-9H2,1-5H3. The summed E-state index contributed by atoms with van der Waals surface area (Å²) in [5.74, 6) is 0.716. The highest BCUT2D eigenvalue weighted by molar-refractivity contribution is 5.80. The number of carbonyl (C=O) groups excluding carboxylic acids is 1. The molecule has 1 heterocycles. The lowest BCUT2D eigenvalue weighted by atomic mass is 9.88. The number of ether oxygens (including phenoxy) is 1. The molecule has 1 rings (SSSR count). The van der Waals surface area contributed by atoms with Gasteiger partial charge in [0.25, 0.3) is 0 Å². The summed E-state index contributed by atoms with van der Waals surface area (Å²) in [6.07, 6.45) is 0.486. The monoisotopic (exact) mass is 266 g/mol. The van der Waals surface area contributed by atoms with Gasteiger partial charge in [0.15, 0.2) is 0 Å². The Balaban J connectivity index is 2.78. The molecule has 19 heavy (non-hydrogen) atoms. The van der Waals surface area contributed by atoms with Crippen molar-refractivity contribution in [2.75, 3.05) is 13.1 Å². The van der Waals surface area contributed by atoms with Crippen LogP contribution in [0.4, 0.5) is 0 Å². The van der Waals surface area contributed by atoms with E-state index in [2.05, 4.69) is 26.8 Å². The molecule has 0 aliphatic carbocycles. The van der Waals surface area contributed by atoms with Crippen LogP contribution in [0.2, 0.25) is 0 Å². The molecule has 1 saturated heterocycles. The minimum Gasteiger partial charge on any atom is -0.374 e. The predicted octanol–water partition coefficient (Wildman–Crippen LogP) is 2.44. The maximum absolute atomic E-state index is 12.7. The Morgan fingerprint density at radius 2 is 1.95 bits per heavy atom. The fraction of sp³-hybridized carbons (Fsp3) is 0.867. The number of hydrogen-bond acceptors (Lipinski definition) is 3. The molecule has 4 nitrogen and oxygen atoms in total. The minimum atomic E-state index is -0.0764. The second-order valence-corrected chi connectivity index (χ2v) is 6.02. The molecular weight excluding hydrogens is 240 g/mol. The van der Waals surface area contributed by atoms with Crippen LogP contribution in [-0.4, -0.2) is 36.1 Å². The Hall–Kier alpha value is -1.08. The molecule has 1 fully saturated rings. The van der Waals surface area contributed by atoms with E-state index in [0.717, 1.165) is 0 Å². The maximum Gasteiger partial charge on any atom is 0.228 e. The first-order valence-corrected chi connectivity index (χ1v) is 7.19. The van der Waals surface area contributed by atoms with Crippen molar-refractivity contribution in [3.63, 3.8) is 0 Å². The summed E-state index contributed by atoms with van der Waals surface area (Å²) in [6.45, 7) is 11.5. The van der Waals surface area contributed by atoms with Crippen molar-refractivity contribution in [3.05, 3.63) is 0 Å². The molecule has 108 valence electrons. The van der Waals surface area contributed by atoms with Gasteiger partial charge in [-0.3, -0.25) is 4.79 Å². The minimum absolute atomic E-state index is 0.0331. The lowest BCUT2D eigenvalue weighted by molar-refractivity contribution is -0.138. The average molecular weight is 266 g/mol. The van der Waals surface area contributed by atoms with Crippen molar-refractivity contribution in [1.29, 1.82) is 5.26 Å². The number of carbonyl (C=O) groups is 1. The van der Waals surface area contributed by atoms with E-state index in [1.807, 2.05) is 18.7 Å². The third-order valence-corrected chi connectivity index (χ3v) is 3.92. The van der Waals surface area contributed by atoms with Gasteiger partial charge in [0.05, 0.1) is 30.6 Å². The molecule has 1 aliphatic heterocycles. The summed E-state index contributed by atoms with van der Waals surface area (Å²) >= 11 is 0. The second kappa shape index (κ2) is 6.91. The van der Waals surface area contributed by atoms with Crippen LogP contribution in [0, 0.1) is 29.1 Å². The van der Waals surface area contributed by atoms with Crippen LogP contribution in [0.3, 0.4) is 0 Å². The zero-order valence-electron chi connectivity index (χ0n) is 12.7. The van der Waals surface area contributed by atoms with E-state index in [0.29, 0.717) is 25.4 Å². The van der Waals surface area contributed by atoms with Crippen molar-refractivity contribution in [2.24, 2.45) is 17.8 Å². The van der Waals surface area contributed by atoms with E-state index >= 15 is 0 Å². The van der Waals surface area contributed by atoms with Gasteiger partial charge in [-0.1, -0.05) is 20.8 Å². The van der Waals surface area contributed by atoms with E-state index < -0.39 is 0 Å². The molecule has 0 spiro atoms. The molecule has 4 heteroatoms. The fourth-order valence-electron chi connectivity index (χ4n) is 2.82. The van der Waals surface area contributed by atoms with Crippen molar-refractivity contribution < 1.29 is 9.53 Å². The Morgan fingerprint density at radius 1 is 1.32 bits per heavy atom. The largest absolute Gasteiger partial charge is 0.374 e. The van der Waals surface area contributed by atoms with Crippen LogP contribution in [0.5, 0.6) is 0 Å². The average Bonchev–Trinajstić information content (AvgIpc) is 2.57. The lowest BCUT2D eigenvalue weighted by Gasteiger charge is -2.29. The van der Waals surface area contributed by atoms with Crippen LogP contribution in [-0.2, 0) is 9.53 Å². The van der Waals surface area contributed by atoms with Gasteiger partial charge in [-0.25, -0.2) is 0 Å². The van der Waals surface area contributed by atoms with Crippen LogP contribution in [0.15, 0.2) is 0 Å². The molecule has 0 aromatic carbocycles. The van der Waals surface area contributed by atoms with E-state index in [1.165, 1.54) is 0 Å². The van der Waals surface area contributed by atoms with Gasteiger partial charge in [-0.2, -0.15) is 5.26 Å². The Bertz CT molecular complexity index is 349. The lowest BCUT2D eigenvalue weighted by Crippen LogP contribution is -2.43. The van der Waals surface area contributed by atoms with Crippen molar-refractivity contribution in [3.8, 4) is 6.07 Å². The SMILES string of the molecule is CC(C)CN(CCC#N)C(=O)C1C(C)OC(C)C1C. The van der Waals surface area contributed by atoms with E-state index in [1.54, 1.807) is 0 Å². The van der Waals surface area contributed by atoms with Crippen LogP contribution in [0.25, 0.3) is 0 Å². The zero-order valence-corrected chi connectivity index (χ0v) is 12.7. The normalized spacial score (nSPS) is 30.4. The molecule has 1 aliphatic rings. The van der Waals surface area contributed by atoms with Crippen molar-refractivity contribution in [1.82, 2.24) is 4.90 Å². The first-order chi connectivity index (χ1) is 8.88. The third kappa shape index (κ3) is 3.94. The van der Waals surface area contributed by atoms with Gasteiger partial charge in [0.2, 0.25) is 5.91 Å². The molecule has 0 aromatic heterocycles. The fourth-order valence-corrected chi connectivity index (χ4v) is 2.82. The van der Waals surface area contributed by atoms with E-state index in [4.69, 9.17) is 10.00 Å². The number of nitriles is 1. The number of nitrogens with zero attached hydrogens (tertiary/aromatic N) is 2. The van der Waals surface area contributed by atoms with Gasteiger partial charge in [0.1, 0.15) is 0 Å². The van der Waals surface area contributed by atoms with Crippen molar-refractivity contribution in [2.45, 2.75) is 53.2 Å². The predicted molar refractivity (Wildman–Crippen MR) is 74.3 cm³/mol. The zero-order chi connectivity index (χ0) is 14.6. The highest BCUT2D eigenvalue weighted by Crippen LogP contribution is 2.33. The number of amides is 1. The molecule has 4 unspecified atom stereocenters. The Morgan fingerprint density at radius 3 is 2.37 bits per heavy atom. The van der Waals surface area contributed by atoms with Crippen molar-refractivity contribution >= 4 is 5.91 Å². The summed E-state index contributed by atoms with van der Waals surface area (Å²) < 4.78 is 5.75. The molecular formula is C15H26N2O2. The maximum atomic E-state index is 12.7. The van der Waals surface area contributed by atoms with Crippen LogP contribution < -0.4 is 0 Å². The van der Waals surface area contributed by atoms with Gasteiger partial charge >= 0.3 is 0 Å². The molecule has 0 aromatic rings. The summed E-state index contributed by atoms with van der Waals surface area (Å²) in [4.78, 5) is 14.5. The van der Waals surface area contributed by atoms with Crippen LogP contribution in [0.1, 0.15) is 41.0 Å². The smallest absolute Gasteiger partial charge is 0.228 e. The van der Waals surface area contributed by atoms with Crippen LogP contribution >= 0.6 is 0 Å². The number of hydrogen-bond donors (Lipinski definition) is 0. The van der Waals surface area contributed by atoms with Gasteiger partial charge in [0, 0.05) is 13.1 Å². The summed E-state index contributed by atoms with van der Waals surface area (Å²) in [5.41, 5.74) is 0. The van der Waals surface area contributed by atoms with E-state index in [-0.39, 0.29) is 30.0 Å². The highest BCUT2D eigenvalue weighted by atomic mass is 16.5. The summed E-state index contributed by atoms with van der Waals surface area (Å²) in [7, 11) is 0. The molecule has 0 radical (unpaired) electrons. The summed E-state index contributed by atoms with van der Waals surface area (Å²) in [5, 5.41) is 8.73. The number of rotatable bonds is 5. The highest BCUT2D eigenvalue weighted by Gasteiger charge is 2.43. The van der Waals surface area contributed by atoms with Gasteiger partial charge in [-0.15, -0.1) is 0 Å². The first-order valence-electron chi connectivity index (χ1n) is 7.19. The Labute approximate surface area is 116 Å². The quantitative estimate of drug-likeness (QED) is 0.768. The molecule has 0 saturated carbocycles. The van der Waals surface area contributed by atoms with Gasteiger partial charge < -0.3 is 9.64 Å². The molecule has 4 atom stereocenters. The summed E-state index contributed by atoms with van der Waals surface area (Å²) in [6, 6.07) is 2.12. The topological polar surface area (TPSA) is 53.3 Å². The van der Waals surface area contributed by atoms with E-state index in [9.17, 15) is 4.79 Å². The molecule has 1 amide bonds. The first kappa shape index (κ1) is 16.0.